The van der Waals surface area contributed by atoms with E-state index in [2.05, 4.69) is 19.4 Å². The summed E-state index contributed by atoms with van der Waals surface area (Å²) in [5.74, 6) is 0.0451. The van der Waals surface area contributed by atoms with Crippen LogP contribution in [0, 0.1) is 0 Å². The minimum atomic E-state index is -4.78. The Bertz CT molecular complexity index is 581. The fourth-order valence-electron chi connectivity index (χ4n) is 1.72. The van der Waals surface area contributed by atoms with E-state index in [1.54, 1.807) is 6.92 Å². The number of aromatic nitrogens is 3. The molecule has 0 spiro atoms. The van der Waals surface area contributed by atoms with Crippen LogP contribution in [-0.2, 0) is 23.7 Å². The Labute approximate surface area is 133 Å². The van der Waals surface area contributed by atoms with Gasteiger partial charge in [-0.15, -0.1) is 5.10 Å². The van der Waals surface area contributed by atoms with Gasteiger partial charge in [-0.3, -0.25) is 9.05 Å². The van der Waals surface area contributed by atoms with Gasteiger partial charge in [-0.1, -0.05) is 26.0 Å². The smallest absolute Gasteiger partial charge is 0.303 e. The molecule has 1 aromatic heterocycles. The number of hydrogen-bond acceptors (Lipinski definition) is 6. The Morgan fingerprint density at radius 2 is 1.65 bits per heavy atom. The molecule has 0 bridgehead atoms. The lowest BCUT2D eigenvalue weighted by molar-refractivity contribution is 0.0418. The van der Waals surface area contributed by atoms with E-state index in [-0.39, 0.29) is 12.3 Å². The first-order chi connectivity index (χ1) is 10.4. The van der Waals surface area contributed by atoms with E-state index in [0.29, 0.717) is 5.69 Å². The van der Waals surface area contributed by atoms with Crippen molar-refractivity contribution in [3.05, 3.63) is 11.9 Å². The Morgan fingerprint density at radius 3 is 1.96 bits per heavy atom. The molecule has 0 aliphatic carbocycles. The van der Waals surface area contributed by atoms with Gasteiger partial charge < -0.3 is 19.6 Å². The van der Waals surface area contributed by atoms with Crippen molar-refractivity contribution in [2.24, 2.45) is 0 Å². The topological polar surface area (TPSA) is 164 Å². The third kappa shape index (κ3) is 6.40. The summed E-state index contributed by atoms with van der Waals surface area (Å²) in [6.45, 7) is 4.27. The van der Waals surface area contributed by atoms with Gasteiger partial charge in [-0.25, -0.2) is 13.8 Å². The second-order valence-corrected chi connectivity index (χ2v) is 7.83. The van der Waals surface area contributed by atoms with Crippen molar-refractivity contribution >= 4 is 15.6 Å². The van der Waals surface area contributed by atoms with Gasteiger partial charge in [0.2, 0.25) is 0 Å². The number of phosphoric acid groups is 2. The van der Waals surface area contributed by atoms with Crippen LogP contribution in [-0.4, -0.2) is 47.8 Å². The van der Waals surface area contributed by atoms with Gasteiger partial charge >= 0.3 is 15.6 Å². The molecule has 0 fully saturated rings. The minimum absolute atomic E-state index is 0.0451. The molecule has 0 unspecified atom stereocenters. The summed E-state index contributed by atoms with van der Waals surface area (Å²) in [4.78, 5) is 35.6. The summed E-state index contributed by atoms with van der Waals surface area (Å²) in [5.41, 5.74) is -0.724. The Hall–Kier alpha value is -0.640. The van der Waals surface area contributed by atoms with E-state index in [9.17, 15) is 9.13 Å². The Morgan fingerprint density at radius 1 is 1.17 bits per heavy atom. The molecule has 0 aliphatic heterocycles. The normalized spacial score (nSPS) is 13.7. The molecular formula is C10H21N3O8P2. The standard InChI is InChI=1S/C10H21N3O8P2/c1-4-10(6-20-22(14,15)16,7-21-23(17,18)19)13-5-9(8(2)3)11-12-13/h5,8H,4,6-7H2,1-3H3,(H2,14,15,16)(H2,17,18,19). The zero-order valence-electron chi connectivity index (χ0n) is 12.9. The maximum Gasteiger partial charge on any atom is 0.469 e. The fourth-order valence-corrected chi connectivity index (χ4v) is 2.54. The monoisotopic (exact) mass is 373 g/mol. The molecule has 4 N–H and O–H groups in total. The summed E-state index contributed by atoms with van der Waals surface area (Å²) < 4.78 is 32.2. The van der Waals surface area contributed by atoms with Gasteiger partial charge in [-0.2, -0.15) is 0 Å². The zero-order valence-corrected chi connectivity index (χ0v) is 14.7. The fraction of sp³-hybridized carbons (Fsp3) is 0.800. The molecule has 1 rings (SSSR count). The molecule has 0 saturated heterocycles. The highest BCUT2D eigenvalue weighted by Gasteiger charge is 2.38. The van der Waals surface area contributed by atoms with Crippen LogP contribution in [0.15, 0.2) is 6.20 Å². The molecule has 13 heteroatoms. The van der Waals surface area contributed by atoms with Crippen molar-refractivity contribution < 1.29 is 37.8 Å². The lowest BCUT2D eigenvalue weighted by atomic mass is 9.99. The van der Waals surface area contributed by atoms with Gasteiger partial charge in [0, 0.05) is 6.20 Å². The summed E-state index contributed by atoms with van der Waals surface area (Å²) in [6, 6.07) is 0. The molecule has 1 aromatic rings. The van der Waals surface area contributed by atoms with Crippen LogP contribution in [0.3, 0.4) is 0 Å². The average Bonchev–Trinajstić information content (AvgIpc) is 2.87. The highest BCUT2D eigenvalue weighted by molar-refractivity contribution is 7.46. The molecule has 0 aliphatic rings. The maximum absolute atomic E-state index is 11.0. The Kier molecular flexibility index (Phi) is 6.65. The molecule has 0 atom stereocenters. The third-order valence-electron chi connectivity index (χ3n) is 3.25. The predicted octanol–water partition coefficient (Wildman–Crippen LogP) is 0.725. The minimum Gasteiger partial charge on any atom is -0.303 e. The van der Waals surface area contributed by atoms with Gasteiger partial charge in [0.05, 0.1) is 18.9 Å². The van der Waals surface area contributed by atoms with Gasteiger partial charge in [-0.05, 0) is 12.3 Å². The van der Waals surface area contributed by atoms with Crippen LogP contribution in [0.1, 0.15) is 38.8 Å². The summed E-state index contributed by atoms with van der Waals surface area (Å²) in [7, 11) is -9.57. The van der Waals surface area contributed by atoms with Crippen molar-refractivity contribution in [2.75, 3.05) is 13.2 Å². The molecule has 0 aromatic carbocycles. The highest BCUT2D eigenvalue weighted by Crippen LogP contribution is 2.42. The summed E-state index contributed by atoms with van der Waals surface area (Å²) >= 11 is 0. The second kappa shape index (κ2) is 7.50. The van der Waals surface area contributed by atoms with Crippen molar-refractivity contribution in [3.63, 3.8) is 0 Å². The van der Waals surface area contributed by atoms with Crippen molar-refractivity contribution in [2.45, 2.75) is 38.6 Å². The molecule has 0 amide bonds. The van der Waals surface area contributed by atoms with E-state index in [4.69, 9.17) is 19.6 Å². The first-order valence-corrected chi connectivity index (χ1v) is 9.77. The SMILES string of the molecule is CCC(COP(=O)(O)O)(COP(=O)(O)O)n1cc(C(C)C)nn1. The van der Waals surface area contributed by atoms with Crippen LogP contribution in [0.5, 0.6) is 0 Å². The van der Waals surface area contributed by atoms with Gasteiger partial charge in [0.1, 0.15) is 5.54 Å². The number of hydrogen-bond donors (Lipinski definition) is 4. The molecule has 0 saturated carbocycles. The van der Waals surface area contributed by atoms with Crippen molar-refractivity contribution in [3.8, 4) is 0 Å². The van der Waals surface area contributed by atoms with E-state index in [1.165, 1.54) is 10.9 Å². The first-order valence-electron chi connectivity index (χ1n) is 6.71. The Balaban J connectivity index is 3.14. The zero-order chi connectivity index (χ0) is 17.9. The second-order valence-electron chi connectivity index (χ2n) is 5.35. The highest BCUT2D eigenvalue weighted by atomic mass is 31.2. The lowest BCUT2D eigenvalue weighted by Crippen LogP contribution is -2.42. The third-order valence-corrected chi connectivity index (χ3v) is 4.18. The number of phosphoric ester groups is 2. The number of nitrogens with zero attached hydrogens (tertiary/aromatic N) is 3. The molecule has 0 radical (unpaired) electrons. The maximum atomic E-state index is 11.0. The molecule has 23 heavy (non-hydrogen) atoms. The van der Waals surface area contributed by atoms with Crippen molar-refractivity contribution in [1.82, 2.24) is 15.0 Å². The van der Waals surface area contributed by atoms with E-state index < -0.39 is 34.4 Å². The average molecular weight is 373 g/mol. The van der Waals surface area contributed by atoms with Gasteiger partial charge in [0.25, 0.3) is 0 Å². The number of rotatable bonds is 9. The molecule has 134 valence electrons. The van der Waals surface area contributed by atoms with Gasteiger partial charge in [0.15, 0.2) is 0 Å². The van der Waals surface area contributed by atoms with Crippen LogP contribution >= 0.6 is 15.6 Å². The van der Waals surface area contributed by atoms with Crippen LogP contribution < -0.4 is 0 Å². The lowest BCUT2D eigenvalue weighted by Gasteiger charge is -2.32. The summed E-state index contributed by atoms with van der Waals surface area (Å²) in [5, 5.41) is 7.82. The van der Waals surface area contributed by atoms with Crippen LogP contribution in [0.25, 0.3) is 0 Å². The van der Waals surface area contributed by atoms with Crippen LogP contribution in [0.4, 0.5) is 0 Å². The predicted molar refractivity (Wildman–Crippen MR) is 78.4 cm³/mol. The molecular weight excluding hydrogens is 352 g/mol. The quantitative estimate of drug-likeness (QED) is 0.453. The molecule has 1 heterocycles. The van der Waals surface area contributed by atoms with Crippen LogP contribution in [0.2, 0.25) is 0 Å². The van der Waals surface area contributed by atoms with E-state index in [0.717, 1.165) is 0 Å². The van der Waals surface area contributed by atoms with E-state index >= 15 is 0 Å². The molecule has 11 nitrogen and oxygen atoms in total. The van der Waals surface area contributed by atoms with Crippen molar-refractivity contribution in [1.29, 1.82) is 0 Å². The van der Waals surface area contributed by atoms with E-state index in [1.807, 2.05) is 13.8 Å². The summed E-state index contributed by atoms with van der Waals surface area (Å²) in [6.07, 6.45) is 1.70. The first kappa shape index (κ1) is 20.4. The largest absolute Gasteiger partial charge is 0.469 e.